The number of likely N-dealkylation sites (tertiary alicyclic amines) is 1. The lowest BCUT2D eigenvalue weighted by Gasteiger charge is -2.36. The molecular weight excluding hydrogens is 395 g/mol. The Morgan fingerprint density at radius 3 is 2.59 bits per heavy atom. The summed E-state index contributed by atoms with van der Waals surface area (Å²) in [6.45, 7) is 4.25. The van der Waals surface area contributed by atoms with Crippen LogP contribution in [0.15, 0.2) is 23.2 Å². The van der Waals surface area contributed by atoms with Crippen LogP contribution in [0.2, 0.25) is 5.02 Å². The molecule has 1 amide bonds. The summed E-state index contributed by atoms with van der Waals surface area (Å²) in [4.78, 5) is 21.3. The van der Waals surface area contributed by atoms with Crippen molar-refractivity contribution in [1.29, 1.82) is 0 Å². The zero-order chi connectivity index (χ0) is 20.4. The summed E-state index contributed by atoms with van der Waals surface area (Å²) in [5.41, 5.74) is 0.594. The predicted molar refractivity (Wildman–Crippen MR) is 111 cm³/mol. The van der Waals surface area contributed by atoms with Gasteiger partial charge in [-0.3, -0.25) is 9.79 Å². The molecule has 2 heterocycles. The van der Waals surface area contributed by atoms with Crippen molar-refractivity contribution in [3.8, 4) is 0 Å². The average molecular weight is 423 g/mol. The van der Waals surface area contributed by atoms with Crippen LogP contribution in [0.4, 0.5) is 4.39 Å². The Morgan fingerprint density at radius 2 is 1.93 bits per heavy atom. The first kappa shape index (κ1) is 20.4. The van der Waals surface area contributed by atoms with Crippen LogP contribution in [0.25, 0.3) is 0 Å². The van der Waals surface area contributed by atoms with E-state index in [2.05, 4.69) is 15.2 Å². The van der Waals surface area contributed by atoms with Gasteiger partial charge in [0.1, 0.15) is 5.82 Å². The van der Waals surface area contributed by atoms with Gasteiger partial charge in [0.2, 0.25) is 5.91 Å². The average Bonchev–Trinajstić information content (AvgIpc) is 3.51. The fourth-order valence-electron chi connectivity index (χ4n) is 4.38. The molecule has 0 bridgehead atoms. The number of halogens is 2. The number of nitrogens with one attached hydrogen (secondary N) is 1. The van der Waals surface area contributed by atoms with Gasteiger partial charge in [0.05, 0.1) is 13.2 Å². The third kappa shape index (κ3) is 4.51. The lowest BCUT2D eigenvalue weighted by Crippen LogP contribution is -2.50. The lowest BCUT2D eigenvalue weighted by molar-refractivity contribution is -0.140. The Balaban J connectivity index is 1.30. The van der Waals surface area contributed by atoms with E-state index in [0.29, 0.717) is 36.9 Å². The van der Waals surface area contributed by atoms with Crippen LogP contribution >= 0.6 is 11.6 Å². The van der Waals surface area contributed by atoms with Crippen molar-refractivity contribution in [3.63, 3.8) is 0 Å². The summed E-state index contributed by atoms with van der Waals surface area (Å²) < 4.78 is 19.5. The molecule has 1 N–H and O–H groups in total. The van der Waals surface area contributed by atoms with Gasteiger partial charge in [0, 0.05) is 61.7 Å². The molecule has 158 valence electrons. The second kappa shape index (κ2) is 8.88. The van der Waals surface area contributed by atoms with E-state index in [1.165, 1.54) is 6.07 Å². The van der Waals surface area contributed by atoms with Crippen LogP contribution in [0.5, 0.6) is 0 Å². The molecule has 3 aliphatic rings. The normalized spacial score (nSPS) is 25.8. The minimum absolute atomic E-state index is 0.0703. The third-order valence-corrected chi connectivity index (χ3v) is 6.48. The van der Waals surface area contributed by atoms with Gasteiger partial charge in [-0.15, -0.1) is 0 Å². The maximum Gasteiger partial charge on any atom is 0.225 e. The smallest absolute Gasteiger partial charge is 0.225 e. The number of ether oxygens (including phenoxy) is 1. The Kier molecular flexibility index (Phi) is 6.25. The first-order valence-corrected chi connectivity index (χ1v) is 10.7. The number of hydrogen-bond acceptors (Lipinski definition) is 3. The van der Waals surface area contributed by atoms with Gasteiger partial charge in [-0.05, 0) is 31.4 Å². The van der Waals surface area contributed by atoms with E-state index in [9.17, 15) is 9.18 Å². The van der Waals surface area contributed by atoms with Crippen LogP contribution in [0.1, 0.15) is 30.7 Å². The Morgan fingerprint density at radius 1 is 1.21 bits per heavy atom. The van der Waals surface area contributed by atoms with Crippen LogP contribution in [0.3, 0.4) is 0 Å². The standard InChI is InChI=1S/C21H28ClFN4O2/c1-24-21(25-18-13-15(18)19-16(22)3-2-4-17(19)23)27-7-5-14(6-8-27)20(28)26-9-11-29-12-10-26/h2-4,14-15,18H,5-13H2,1H3,(H,24,25). The molecule has 1 aromatic carbocycles. The molecule has 1 saturated carbocycles. The van der Waals surface area contributed by atoms with Gasteiger partial charge in [0.25, 0.3) is 0 Å². The number of benzene rings is 1. The number of aliphatic imine (C=N–C) groups is 1. The van der Waals surface area contributed by atoms with Gasteiger partial charge in [-0.2, -0.15) is 0 Å². The van der Waals surface area contributed by atoms with E-state index in [-0.39, 0.29) is 29.6 Å². The lowest BCUT2D eigenvalue weighted by atomic mass is 9.95. The highest BCUT2D eigenvalue weighted by Crippen LogP contribution is 2.45. The Labute approximate surface area is 176 Å². The summed E-state index contributed by atoms with van der Waals surface area (Å²) in [5, 5.41) is 3.94. The minimum atomic E-state index is -0.246. The molecule has 2 atom stereocenters. The van der Waals surface area contributed by atoms with Crippen LogP contribution < -0.4 is 5.32 Å². The highest BCUT2D eigenvalue weighted by molar-refractivity contribution is 6.31. The monoisotopic (exact) mass is 422 g/mol. The summed E-state index contributed by atoms with van der Waals surface area (Å²) in [6, 6.07) is 4.96. The second-order valence-corrected chi connectivity index (χ2v) is 8.38. The molecule has 8 heteroatoms. The Bertz CT molecular complexity index is 756. The maximum atomic E-state index is 14.2. The number of morpholine rings is 1. The van der Waals surface area contributed by atoms with E-state index in [0.717, 1.165) is 38.3 Å². The number of carbonyl (C=O) groups excluding carboxylic acids is 1. The fourth-order valence-corrected chi connectivity index (χ4v) is 4.68. The molecule has 2 unspecified atom stereocenters. The Hall–Kier alpha value is -1.86. The molecule has 1 aliphatic carbocycles. The third-order valence-electron chi connectivity index (χ3n) is 6.15. The van der Waals surface area contributed by atoms with E-state index in [1.54, 1.807) is 19.2 Å². The first-order chi connectivity index (χ1) is 14.1. The quantitative estimate of drug-likeness (QED) is 0.600. The maximum absolute atomic E-state index is 14.2. The molecule has 1 aromatic rings. The molecule has 6 nitrogen and oxygen atoms in total. The van der Waals surface area contributed by atoms with E-state index < -0.39 is 0 Å². The summed E-state index contributed by atoms with van der Waals surface area (Å²) >= 11 is 6.21. The number of guanidine groups is 1. The van der Waals surface area contributed by atoms with Gasteiger partial charge in [-0.25, -0.2) is 4.39 Å². The molecule has 0 radical (unpaired) electrons. The SMILES string of the molecule is CN=C(NC1CC1c1c(F)cccc1Cl)N1CCC(C(=O)N2CCOCC2)CC1. The largest absolute Gasteiger partial charge is 0.378 e. The zero-order valence-electron chi connectivity index (χ0n) is 16.7. The second-order valence-electron chi connectivity index (χ2n) is 7.97. The van der Waals surface area contributed by atoms with Gasteiger partial charge < -0.3 is 19.9 Å². The van der Waals surface area contributed by atoms with Crippen molar-refractivity contribution in [1.82, 2.24) is 15.1 Å². The predicted octanol–water partition coefficient (Wildman–Crippen LogP) is 2.48. The summed E-state index contributed by atoms with van der Waals surface area (Å²) in [6.07, 6.45) is 2.49. The van der Waals surface area contributed by atoms with E-state index in [4.69, 9.17) is 16.3 Å². The number of piperidine rings is 1. The van der Waals surface area contributed by atoms with Crippen molar-refractivity contribution in [2.45, 2.75) is 31.2 Å². The number of hydrogen-bond donors (Lipinski definition) is 1. The molecule has 0 aromatic heterocycles. The number of carbonyl (C=O) groups is 1. The highest BCUT2D eigenvalue weighted by atomic mass is 35.5. The number of rotatable bonds is 3. The van der Waals surface area contributed by atoms with Gasteiger partial charge >= 0.3 is 0 Å². The van der Waals surface area contributed by atoms with E-state index in [1.807, 2.05) is 4.90 Å². The van der Waals surface area contributed by atoms with Gasteiger partial charge in [-0.1, -0.05) is 17.7 Å². The van der Waals surface area contributed by atoms with Gasteiger partial charge in [0.15, 0.2) is 5.96 Å². The topological polar surface area (TPSA) is 57.2 Å². The number of amides is 1. The van der Waals surface area contributed by atoms with Crippen LogP contribution in [0, 0.1) is 11.7 Å². The van der Waals surface area contributed by atoms with Crippen molar-refractivity contribution in [2.75, 3.05) is 46.4 Å². The van der Waals surface area contributed by atoms with Crippen molar-refractivity contribution >= 4 is 23.5 Å². The van der Waals surface area contributed by atoms with E-state index >= 15 is 0 Å². The number of nitrogens with zero attached hydrogens (tertiary/aromatic N) is 3. The highest BCUT2D eigenvalue weighted by Gasteiger charge is 2.42. The summed E-state index contributed by atoms with van der Waals surface area (Å²) in [7, 11) is 1.76. The van der Waals surface area contributed by atoms with Crippen molar-refractivity contribution in [2.24, 2.45) is 10.9 Å². The van der Waals surface area contributed by atoms with Crippen molar-refractivity contribution < 1.29 is 13.9 Å². The molecule has 2 saturated heterocycles. The molecule has 4 rings (SSSR count). The molecule has 29 heavy (non-hydrogen) atoms. The van der Waals surface area contributed by atoms with Crippen molar-refractivity contribution in [3.05, 3.63) is 34.6 Å². The first-order valence-electron chi connectivity index (χ1n) is 10.4. The zero-order valence-corrected chi connectivity index (χ0v) is 17.5. The molecular formula is C21H28ClFN4O2. The molecule has 2 aliphatic heterocycles. The van der Waals surface area contributed by atoms with Crippen LogP contribution in [-0.4, -0.2) is 74.1 Å². The molecule has 3 fully saturated rings. The fraction of sp³-hybridized carbons (Fsp3) is 0.619. The van der Waals surface area contributed by atoms with Crippen LogP contribution in [-0.2, 0) is 9.53 Å². The minimum Gasteiger partial charge on any atom is -0.378 e. The molecule has 0 spiro atoms. The summed E-state index contributed by atoms with van der Waals surface area (Å²) in [5.74, 6) is 0.980.